The second-order valence-electron chi connectivity index (χ2n) is 6.63. The van der Waals surface area contributed by atoms with Crippen LogP contribution in [0.2, 0.25) is 0 Å². The van der Waals surface area contributed by atoms with Crippen LogP contribution in [-0.4, -0.2) is 53.8 Å². The lowest BCUT2D eigenvalue weighted by Gasteiger charge is -2.52. The van der Waals surface area contributed by atoms with E-state index in [4.69, 9.17) is 9.84 Å². The van der Waals surface area contributed by atoms with Crippen molar-refractivity contribution in [2.24, 2.45) is 11.3 Å². The summed E-state index contributed by atoms with van der Waals surface area (Å²) >= 11 is 0. The van der Waals surface area contributed by atoms with Gasteiger partial charge in [0.1, 0.15) is 0 Å². The van der Waals surface area contributed by atoms with Crippen LogP contribution in [0.5, 0.6) is 0 Å². The van der Waals surface area contributed by atoms with E-state index < -0.39 is 11.9 Å². The molecule has 6 nitrogen and oxygen atoms in total. The van der Waals surface area contributed by atoms with Gasteiger partial charge in [-0.05, 0) is 26.2 Å². The molecule has 2 N–H and O–H groups in total. The number of urea groups is 1. The minimum Gasteiger partial charge on any atom is -0.481 e. The SMILES string of the molecule is CCOC1CC(NC(=O)N2CCCC(C(=O)O)C2)C1(C)C. The van der Waals surface area contributed by atoms with Crippen molar-refractivity contribution in [3.8, 4) is 0 Å². The van der Waals surface area contributed by atoms with Gasteiger partial charge in [-0.1, -0.05) is 13.8 Å². The third-order valence-electron chi connectivity index (χ3n) is 4.90. The highest BCUT2D eigenvalue weighted by molar-refractivity contribution is 5.77. The minimum atomic E-state index is -0.812. The second kappa shape index (κ2) is 6.22. The lowest BCUT2D eigenvalue weighted by atomic mass is 9.64. The molecule has 0 radical (unpaired) electrons. The molecule has 0 aromatic heterocycles. The van der Waals surface area contributed by atoms with Gasteiger partial charge < -0.3 is 20.1 Å². The third-order valence-corrected chi connectivity index (χ3v) is 4.90. The predicted molar refractivity (Wildman–Crippen MR) is 78.1 cm³/mol. The number of carboxylic acids is 1. The summed E-state index contributed by atoms with van der Waals surface area (Å²) in [5.74, 6) is -1.25. The van der Waals surface area contributed by atoms with Crippen molar-refractivity contribution in [1.82, 2.24) is 10.2 Å². The van der Waals surface area contributed by atoms with Gasteiger partial charge in [0.2, 0.25) is 0 Å². The number of amides is 2. The van der Waals surface area contributed by atoms with Gasteiger partial charge in [0.05, 0.1) is 12.0 Å². The monoisotopic (exact) mass is 298 g/mol. The smallest absolute Gasteiger partial charge is 0.317 e. The molecule has 6 heteroatoms. The molecule has 120 valence electrons. The van der Waals surface area contributed by atoms with Crippen molar-refractivity contribution >= 4 is 12.0 Å². The summed E-state index contributed by atoms with van der Waals surface area (Å²) in [4.78, 5) is 25.0. The summed E-state index contributed by atoms with van der Waals surface area (Å²) in [6.45, 7) is 7.79. The van der Waals surface area contributed by atoms with Crippen LogP contribution in [0, 0.1) is 11.3 Å². The van der Waals surface area contributed by atoms with Crippen LogP contribution in [0.3, 0.4) is 0 Å². The molecule has 1 aliphatic heterocycles. The van der Waals surface area contributed by atoms with E-state index in [2.05, 4.69) is 19.2 Å². The fraction of sp³-hybridized carbons (Fsp3) is 0.867. The van der Waals surface area contributed by atoms with Crippen LogP contribution >= 0.6 is 0 Å². The maximum atomic E-state index is 12.3. The van der Waals surface area contributed by atoms with Crippen molar-refractivity contribution in [1.29, 1.82) is 0 Å². The number of aliphatic carboxylic acids is 1. The van der Waals surface area contributed by atoms with Crippen LogP contribution in [-0.2, 0) is 9.53 Å². The Kier molecular flexibility index (Phi) is 4.76. The maximum Gasteiger partial charge on any atom is 0.317 e. The number of likely N-dealkylation sites (tertiary alicyclic amines) is 1. The zero-order chi connectivity index (χ0) is 15.6. The van der Waals surface area contributed by atoms with E-state index in [-0.39, 0.29) is 23.6 Å². The molecule has 1 saturated heterocycles. The van der Waals surface area contributed by atoms with Crippen LogP contribution in [0.1, 0.15) is 40.0 Å². The minimum absolute atomic E-state index is 0.0757. The fourth-order valence-electron chi connectivity index (χ4n) is 3.22. The van der Waals surface area contributed by atoms with Crippen molar-refractivity contribution in [3.05, 3.63) is 0 Å². The summed E-state index contributed by atoms with van der Waals surface area (Å²) < 4.78 is 5.66. The molecule has 0 aromatic carbocycles. The first-order valence-electron chi connectivity index (χ1n) is 7.76. The Labute approximate surface area is 125 Å². The predicted octanol–water partition coefficient (Wildman–Crippen LogP) is 1.70. The average molecular weight is 298 g/mol. The number of hydrogen-bond donors (Lipinski definition) is 2. The lowest BCUT2D eigenvalue weighted by Crippen LogP contribution is -2.64. The Morgan fingerprint density at radius 1 is 1.43 bits per heavy atom. The zero-order valence-corrected chi connectivity index (χ0v) is 13.1. The summed E-state index contributed by atoms with van der Waals surface area (Å²) in [5, 5.41) is 12.1. The van der Waals surface area contributed by atoms with Crippen molar-refractivity contribution < 1.29 is 19.4 Å². The highest BCUT2D eigenvalue weighted by Crippen LogP contribution is 2.42. The van der Waals surface area contributed by atoms with Crippen molar-refractivity contribution in [3.63, 3.8) is 0 Å². The molecule has 1 saturated carbocycles. The first-order chi connectivity index (χ1) is 9.86. The molecular weight excluding hydrogens is 272 g/mol. The number of piperidine rings is 1. The number of nitrogens with one attached hydrogen (secondary N) is 1. The number of nitrogens with zero attached hydrogens (tertiary/aromatic N) is 1. The van der Waals surface area contributed by atoms with Gasteiger partial charge in [-0.3, -0.25) is 4.79 Å². The molecular formula is C15H26N2O4. The standard InChI is InChI=1S/C15H26N2O4/c1-4-21-12-8-11(15(12,2)3)16-14(20)17-7-5-6-10(9-17)13(18)19/h10-12H,4-9H2,1-3H3,(H,16,20)(H,18,19). The highest BCUT2D eigenvalue weighted by Gasteiger charge is 2.50. The summed E-state index contributed by atoms with van der Waals surface area (Å²) in [5.41, 5.74) is -0.0757. The molecule has 3 atom stereocenters. The first-order valence-corrected chi connectivity index (χ1v) is 7.76. The van der Waals surface area contributed by atoms with Gasteiger partial charge in [0, 0.05) is 31.2 Å². The molecule has 1 heterocycles. The van der Waals surface area contributed by atoms with Crippen LogP contribution in [0.4, 0.5) is 4.79 Å². The molecule has 2 rings (SSSR count). The Morgan fingerprint density at radius 3 is 2.71 bits per heavy atom. The Morgan fingerprint density at radius 2 is 2.14 bits per heavy atom. The number of carbonyl (C=O) groups is 2. The van der Waals surface area contributed by atoms with Gasteiger partial charge in [-0.15, -0.1) is 0 Å². The van der Waals surface area contributed by atoms with Crippen LogP contribution in [0.25, 0.3) is 0 Å². The summed E-state index contributed by atoms with van der Waals surface area (Å²) in [6, 6.07) is -0.0549. The summed E-state index contributed by atoms with van der Waals surface area (Å²) in [6.07, 6.45) is 2.41. The number of ether oxygens (including phenoxy) is 1. The first kappa shape index (κ1) is 16.1. The van der Waals surface area contributed by atoms with E-state index in [1.165, 1.54) is 0 Å². The molecule has 21 heavy (non-hydrogen) atoms. The lowest BCUT2D eigenvalue weighted by molar-refractivity contribution is -0.143. The molecule has 0 bridgehead atoms. The van der Waals surface area contributed by atoms with E-state index in [0.29, 0.717) is 26.1 Å². The topological polar surface area (TPSA) is 78.9 Å². The number of hydrogen-bond acceptors (Lipinski definition) is 3. The second-order valence-corrected chi connectivity index (χ2v) is 6.63. The van der Waals surface area contributed by atoms with Crippen LogP contribution in [0.15, 0.2) is 0 Å². The van der Waals surface area contributed by atoms with E-state index in [9.17, 15) is 9.59 Å². The largest absolute Gasteiger partial charge is 0.481 e. The quantitative estimate of drug-likeness (QED) is 0.828. The van der Waals surface area contributed by atoms with Crippen molar-refractivity contribution in [2.75, 3.05) is 19.7 Å². The van der Waals surface area contributed by atoms with Gasteiger partial charge in [-0.2, -0.15) is 0 Å². The van der Waals surface area contributed by atoms with E-state index in [0.717, 1.165) is 12.8 Å². The van der Waals surface area contributed by atoms with Crippen LogP contribution < -0.4 is 5.32 Å². The Bertz CT molecular complexity index is 410. The Hall–Kier alpha value is -1.30. The zero-order valence-electron chi connectivity index (χ0n) is 13.1. The number of rotatable bonds is 4. The third kappa shape index (κ3) is 3.31. The number of carbonyl (C=O) groups excluding carboxylic acids is 1. The number of carboxylic acid groups (broad SMARTS) is 1. The molecule has 2 aliphatic rings. The molecule has 1 aliphatic carbocycles. The molecule has 2 amide bonds. The molecule has 0 aromatic rings. The highest BCUT2D eigenvalue weighted by atomic mass is 16.5. The summed E-state index contributed by atoms with van der Waals surface area (Å²) in [7, 11) is 0. The maximum absolute atomic E-state index is 12.3. The normalized spacial score (nSPS) is 31.4. The van der Waals surface area contributed by atoms with Gasteiger partial charge in [-0.25, -0.2) is 4.79 Å². The van der Waals surface area contributed by atoms with E-state index in [1.54, 1.807) is 4.90 Å². The van der Waals surface area contributed by atoms with Gasteiger partial charge in [0.25, 0.3) is 0 Å². The average Bonchev–Trinajstić information content (AvgIpc) is 2.46. The molecule has 0 spiro atoms. The molecule has 3 unspecified atom stereocenters. The fourth-order valence-corrected chi connectivity index (χ4v) is 3.22. The van der Waals surface area contributed by atoms with E-state index in [1.807, 2.05) is 6.92 Å². The van der Waals surface area contributed by atoms with Gasteiger partial charge >= 0.3 is 12.0 Å². The van der Waals surface area contributed by atoms with Crippen molar-refractivity contribution in [2.45, 2.75) is 52.2 Å². The Balaban J connectivity index is 1.86. The molecule has 2 fully saturated rings. The van der Waals surface area contributed by atoms with Gasteiger partial charge in [0.15, 0.2) is 0 Å². The van der Waals surface area contributed by atoms with E-state index >= 15 is 0 Å².